The van der Waals surface area contributed by atoms with Gasteiger partial charge >= 0.3 is 24.5 Å². The number of imide groups is 2. The van der Waals surface area contributed by atoms with Gasteiger partial charge in [0.05, 0.1) is 0 Å². The Hall–Kier alpha value is -7.26. The fraction of sp³-hybridized carbons (Fsp3) is 0.389. The first-order chi connectivity index (χ1) is 27.8. The molecule has 0 radical (unpaired) electrons. The van der Waals surface area contributed by atoms with Crippen LogP contribution in [0.15, 0.2) is 48.5 Å². The molecular formula is C36H42N6O16. The minimum atomic E-state index is -1.18. The van der Waals surface area contributed by atoms with Crippen LogP contribution in [-0.2, 0) is 61.1 Å². The zero-order chi connectivity index (χ0) is 42.5. The minimum Gasteiger partial charge on any atom is -0.428 e. The van der Waals surface area contributed by atoms with E-state index in [9.17, 15) is 47.9 Å². The Morgan fingerprint density at radius 3 is 1.16 bits per heavy atom. The minimum absolute atomic E-state index is 0.00686. The summed E-state index contributed by atoms with van der Waals surface area (Å²) >= 11 is 0. The number of hydroxylamine groups is 4. The van der Waals surface area contributed by atoms with Crippen molar-refractivity contribution in [3.63, 3.8) is 0 Å². The van der Waals surface area contributed by atoms with Crippen LogP contribution in [0.25, 0.3) is 0 Å². The molecule has 2 aliphatic rings. The average molecular weight is 815 g/mol. The van der Waals surface area contributed by atoms with Crippen LogP contribution in [0.2, 0.25) is 0 Å². The van der Waals surface area contributed by atoms with Crippen molar-refractivity contribution in [2.75, 3.05) is 26.2 Å². The maximum Gasteiger partial charge on any atom is 0.534 e. The third kappa shape index (κ3) is 16.2. The maximum atomic E-state index is 11.7. The topological polar surface area (TPSA) is 281 Å². The van der Waals surface area contributed by atoms with Gasteiger partial charge in [-0.05, 0) is 49.2 Å². The van der Waals surface area contributed by atoms with E-state index in [1.165, 1.54) is 24.3 Å². The lowest BCUT2D eigenvalue weighted by atomic mass is 10.2. The van der Waals surface area contributed by atoms with Gasteiger partial charge in [-0.15, -0.1) is 0 Å². The van der Waals surface area contributed by atoms with E-state index < -0.39 is 48.1 Å². The number of nitrogens with zero attached hydrogens (tertiary/aromatic N) is 2. The first-order valence-corrected chi connectivity index (χ1v) is 17.8. The van der Waals surface area contributed by atoms with Crippen molar-refractivity contribution in [2.45, 2.75) is 65.6 Å². The highest BCUT2D eigenvalue weighted by Crippen LogP contribution is 2.17. The van der Waals surface area contributed by atoms with E-state index in [1.54, 1.807) is 38.1 Å². The zero-order valence-corrected chi connectivity index (χ0v) is 31.5. The largest absolute Gasteiger partial charge is 0.534 e. The van der Waals surface area contributed by atoms with E-state index >= 15 is 0 Å². The summed E-state index contributed by atoms with van der Waals surface area (Å²) in [6.07, 6.45) is -3.52. The fourth-order valence-corrected chi connectivity index (χ4v) is 4.52. The SMILES string of the molecule is CCNC(=O)CCNC(=O)Oc1ccc(COC(=O)ON2C(=O)CCC2=O)cc1.CCNC(=O)CCNC(=O)Oc1ccc(COC(=O)ON2C(=O)CCC2=O)cc1. The average Bonchev–Trinajstić information content (AvgIpc) is 3.68. The normalized spacial score (nSPS) is 13.1. The van der Waals surface area contributed by atoms with Crippen LogP contribution in [0.1, 0.15) is 63.5 Å². The number of nitrogens with one attached hydrogen (secondary N) is 4. The first kappa shape index (κ1) is 45.1. The van der Waals surface area contributed by atoms with Crippen LogP contribution in [0, 0.1) is 0 Å². The summed E-state index contributed by atoms with van der Waals surface area (Å²) < 4.78 is 19.8. The molecule has 58 heavy (non-hydrogen) atoms. The molecule has 2 saturated heterocycles. The Balaban J connectivity index is 0.000000310. The van der Waals surface area contributed by atoms with E-state index in [0.717, 1.165) is 0 Å². The molecule has 22 nitrogen and oxygen atoms in total. The van der Waals surface area contributed by atoms with Crippen LogP contribution < -0.4 is 30.7 Å². The Morgan fingerprint density at radius 2 is 0.845 bits per heavy atom. The highest BCUT2D eigenvalue weighted by molar-refractivity contribution is 6.02. The number of benzene rings is 2. The van der Waals surface area contributed by atoms with Gasteiger partial charge in [0.1, 0.15) is 24.7 Å². The molecular weight excluding hydrogens is 772 g/mol. The van der Waals surface area contributed by atoms with Gasteiger partial charge in [0.2, 0.25) is 11.8 Å². The summed E-state index contributed by atoms with van der Waals surface area (Å²) in [5.41, 5.74) is 1.12. The molecule has 0 unspecified atom stereocenters. The van der Waals surface area contributed by atoms with E-state index in [2.05, 4.69) is 30.9 Å². The summed E-state index contributed by atoms with van der Waals surface area (Å²) in [5.74, 6) is -2.24. The standard InChI is InChI=1S/2C18H21N3O8/c2*1-2-19-14(22)9-10-20-17(25)28-13-5-3-12(4-6-13)11-27-18(26)29-21-15(23)7-8-16(21)24/h2*3-6H,2,7-11H2,1H3,(H,19,22)(H,20,25). The van der Waals surface area contributed by atoms with Gasteiger partial charge in [0.15, 0.2) is 0 Å². The van der Waals surface area contributed by atoms with Gasteiger partial charge < -0.3 is 40.2 Å². The number of hydrogen-bond donors (Lipinski definition) is 4. The molecule has 2 aliphatic heterocycles. The number of ether oxygens (including phenoxy) is 4. The summed E-state index contributed by atoms with van der Waals surface area (Å²) in [5, 5.41) is 10.9. The van der Waals surface area contributed by atoms with Crippen molar-refractivity contribution < 1.29 is 76.6 Å². The van der Waals surface area contributed by atoms with Crippen molar-refractivity contribution in [3.05, 3.63) is 59.7 Å². The molecule has 0 aromatic heterocycles. The number of carbonyl (C=O) groups is 10. The monoisotopic (exact) mass is 814 g/mol. The molecule has 8 amide bonds. The highest BCUT2D eigenvalue weighted by Gasteiger charge is 2.34. The molecule has 0 atom stereocenters. The number of amides is 8. The third-order valence-corrected chi connectivity index (χ3v) is 7.32. The predicted molar refractivity (Wildman–Crippen MR) is 192 cm³/mol. The second kappa shape index (κ2) is 23.6. The first-order valence-electron chi connectivity index (χ1n) is 17.8. The molecule has 312 valence electrons. The zero-order valence-electron chi connectivity index (χ0n) is 31.5. The summed E-state index contributed by atoms with van der Waals surface area (Å²) in [6.45, 7) is 4.57. The number of carbonyl (C=O) groups excluding carboxylic acids is 10. The lowest BCUT2D eigenvalue weighted by Gasteiger charge is -2.12. The van der Waals surface area contributed by atoms with E-state index in [1.807, 2.05) is 0 Å². The van der Waals surface area contributed by atoms with Gasteiger partial charge in [-0.25, -0.2) is 19.2 Å². The molecule has 4 rings (SSSR count). The molecule has 0 bridgehead atoms. The smallest absolute Gasteiger partial charge is 0.428 e. The summed E-state index contributed by atoms with van der Waals surface area (Å²) in [7, 11) is 0. The van der Waals surface area contributed by atoms with E-state index in [4.69, 9.17) is 18.9 Å². The van der Waals surface area contributed by atoms with Crippen LogP contribution in [0.4, 0.5) is 19.2 Å². The molecule has 2 aromatic rings. The Morgan fingerprint density at radius 1 is 0.517 bits per heavy atom. The van der Waals surface area contributed by atoms with Crippen LogP contribution >= 0.6 is 0 Å². The Labute approximate surface area is 330 Å². The number of rotatable bonds is 16. The van der Waals surface area contributed by atoms with Gasteiger partial charge in [-0.2, -0.15) is 0 Å². The van der Waals surface area contributed by atoms with Crippen LogP contribution in [0.5, 0.6) is 11.5 Å². The van der Waals surface area contributed by atoms with Crippen molar-refractivity contribution in [2.24, 2.45) is 0 Å². The van der Waals surface area contributed by atoms with Crippen molar-refractivity contribution in [3.8, 4) is 11.5 Å². The van der Waals surface area contributed by atoms with Crippen molar-refractivity contribution >= 4 is 59.9 Å². The molecule has 4 N–H and O–H groups in total. The number of hydrogen-bond acceptors (Lipinski definition) is 16. The maximum absolute atomic E-state index is 11.7. The molecule has 0 spiro atoms. The van der Waals surface area contributed by atoms with Crippen LogP contribution in [0.3, 0.4) is 0 Å². The second-order valence-electron chi connectivity index (χ2n) is 11.8. The van der Waals surface area contributed by atoms with Crippen LogP contribution in [-0.4, -0.2) is 96.2 Å². The fourth-order valence-electron chi connectivity index (χ4n) is 4.52. The highest BCUT2D eigenvalue weighted by atomic mass is 16.8. The lowest BCUT2D eigenvalue weighted by Crippen LogP contribution is -2.32. The second-order valence-corrected chi connectivity index (χ2v) is 11.8. The quantitative estimate of drug-likeness (QED) is 0.139. The van der Waals surface area contributed by atoms with Crippen molar-refractivity contribution in [1.82, 2.24) is 31.4 Å². The third-order valence-electron chi connectivity index (χ3n) is 7.32. The molecule has 2 fully saturated rings. The van der Waals surface area contributed by atoms with E-state index in [0.29, 0.717) is 34.3 Å². The van der Waals surface area contributed by atoms with Gasteiger partial charge in [0.25, 0.3) is 23.6 Å². The molecule has 0 saturated carbocycles. The van der Waals surface area contributed by atoms with Gasteiger partial charge in [0, 0.05) is 64.7 Å². The van der Waals surface area contributed by atoms with Gasteiger partial charge in [-0.1, -0.05) is 34.4 Å². The Kier molecular flexibility index (Phi) is 18.4. The van der Waals surface area contributed by atoms with E-state index in [-0.39, 0.29) is 88.1 Å². The molecule has 2 aromatic carbocycles. The van der Waals surface area contributed by atoms with Crippen molar-refractivity contribution in [1.29, 1.82) is 0 Å². The predicted octanol–water partition coefficient (Wildman–Crippen LogP) is 2.04. The summed E-state index contributed by atoms with van der Waals surface area (Å²) in [6, 6.07) is 12.2. The Bertz CT molecular complexity index is 1660. The molecule has 22 heteroatoms. The van der Waals surface area contributed by atoms with Gasteiger partial charge in [-0.3, -0.25) is 38.4 Å². The lowest BCUT2D eigenvalue weighted by molar-refractivity contribution is -0.178. The molecule has 2 heterocycles. The summed E-state index contributed by atoms with van der Waals surface area (Å²) in [4.78, 5) is 124. The molecule has 0 aliphatic carbocycles.